The van der Waals surface area contributed by atoms with Crippen molar-refractivity contribution in [3.63, 3.8) is 0 Å². The van der Waals surface area contributed by atoms with E-state index in [0.29, 0.717) is 13.0 Å². The van der Waals surface area contributed by atoms with Gasteiger partial charge < -0.3 is 14.6 Å². The van der Waals surface area contributed by atoms with Gasteiger partial charge in [0.1, 0.15) is 6.04 Å². The molecular formula is C18H16ClF3N2O3. The van der Waals surface area contributed by atoms with Gasteiger partial charge in [-0.2, -0.15) is 13.2 Å². The van der Waals surface area contributed by atoms with Crippen molar-refractivity contribution in [3.05, 3.63) is 52.9 Å². The molecule has 1 fully saturated rings. The number of piperidine rings is 1. The number of furan rings is 1. The zero-order valence-corrected chi connectivity index (χ0v) is 14.8. The van der Waals surface area contributed by atoms with E-state index in [4.69, 9.17) is 16.0 Å². The van der Waals surface area contributed by atoms with Crippen molar-refractivity contribution >= 4 is 29.1 Å². The molecule has 0 aliphatic carbocycles. The average Bonchev–Trinajstić information content (AvgIpc) is 3.16. The minimum atomic E-state index is -4.63. The van der Waals surface area contributed by atoms with Crippen molar-refractivity contribution in [3.8, 4) is 0 Å². The fraction of sp³-hybridized carbons (Fsp3) is 0.333. The van der Waals surface area contributed by atoms with Gasteiger partial charge in [-0.3, -0.25) is 9.59 Å². The number of carbonyl (C=O) groups is 2. The molecule has 0 radical (unpaired) electrons. The van der Waals surface area contributed by atoms with Gasteiger partial charge in [0.2, 0.25) is 5.91 Å². The zero-order chi connectivity index (χ0) is 19.6. The molecule has 2 amide bonds. The number of amides is 2. The molecule has 1 aromatic carbocycles. The lowest BCUT2D eigenvalue weighted by molar-refractivity contribution is -0.137. The summed E-state index contributed by atoms with van der Waals surface area (Å²) in [5, 5.41) is 2.01. The minimum absolute atomic E-state index is 0.0345. The van der Waals surface area contributed by atoms with E-state index >= 15 is 0 Å². The number of anilines is 1. The van der Waals surface area contributed by atoms with Crippen LogP contribution in [0.25, 0.3) is 0 Å². The molecule has 1 aliphatic rings. The second-order valence-electron chi connectivity index (χ2n) is 6.17. The van der Waals surface area contributed by atoms with E-state index in [1.54, 1.807) is 6.07 Å². The summed E-state index contributed by atoms with van der Waals surface area (Å²) in [6.07, 6.45) is -1.40. The van der Waals surface area contributed by atoms with Crippen LogP contribution in [-0.2, 0) is 11.0 Å². The van der Waals surface area contributed by atoms with Gasteiger partial charge in [-0.25, -0.2) is 0 Å². The summed E-state index contributed by atoms with van der Waals surface area (Å²) in [7, 11) is 0. The Morgan fingerprint density at radius 3 is 2.67 bits per heavy atom. The van der Waals surface area contributed by atoms with Crippen LogP contribution < -0.4 is 5.32 Å². The molecule has 2 heterocycles. The largest absolute Gasteiger partial charge is 0.459 e. The Bertz CT molecular complexity index is 837. The van der Waals surface area contributed by atoms with Gasteiger partial charge >= 0.3 is 6.18 Å². The lowest BCUT2D eigenvalue weighted by Gasteiger charge is -2.34. The van der Waals surface area contributed by atoms with Gasteiger partial charge in [0.15, 0.2) is 5.76 Å². The third kappa shape index (κ3) is 4.27. The van der Waals surface area contributed by atoms with Crippen molar-refractivity contribution in [1.29, 1.82) is 0 Å². The molecule has 1 aliphatic heterocycles. The van der Waals surface area contributed by atoms with E-state index in [2.05, 4.69) is 5.32 Å². The van der Waals surface area contributed by atoms with Crippen molar-refractivity contribution in [2.45, 2.75) is 31.5 Å². The lowest BCUT2D eigenvalue weighted by Crippen LogP contribution is -2.49. The van der Waals surface area contributed by atoms with Gasteiger partial charge in [-0.05, 0) is 49.6 Å². The average molecular weight is 401 g/mol. The minimum Gasteiger partial charge on any atom is -0.459 e. The maximum absolute atomic E-state index is 13.0. The molecule has 9 heteroatoms. The standard InChI is InChI=1S/C18H16ClF3N2O3/c19-13-7-6-11(10-12(13)18(20,21)22)23-16(25)14-4-1-2-8-24(14)17(26)15-5-3-9-27-15/h3,5-7,9-10,14H,1-2,4,8H2,(H,23,25). The fourth-order valence-electron chi connectivity index (χ4n) is 3.03. The van der Waals surface area contributed by atoms with Crippen LogP contribution in [-0.4, -0.2) is 29.3 Å². The molecule has 3 rings (SSSR count). The van der Waals surface area contributed by atoms with E-state index < -0.39 is 34.6 Å². The molecule has 5 nitrogen and oxygen atoms in total. The van der Waals surface area contributed by atoms with Crippen LogP contribution in [0.15, 0.2) is 41.0 Å². The molecule has 144 valence electrons. The van der Waals surface area contributed by atoms with E-state index in [1.165, 1.54) is 23.3 Å². The first-order valence-electron chi connectivity index (χ1n) is 8.29. The Hall–Kier alpha value is -2.48. The topological polar surface area (TPSA) is 62.6 Å². The first kappa shape index (κ1) is 19.3. The number of nitrogens with one attached hydrogen (secondary N) is 1. The van der Waals surface area contributed by atoms with Gasteiger partial charge in [-0.1, -0.05) is 11.6 Å². The summed E-state index contributed by atoms with van der Waals surface area (Å²) in [6, 6.07) is 5.42. The fourth-order valence-corrected chi connectivity index (χ4v) is 3.26. The molecule has 2 aromatic rings. The Morgan fingerprint density at radius 2 is 2.00 bits per heavy atom. The van der Waals surface area contributed by atoms with Crippen molar-refractivity contribution in [2.75, 3.05) is 11.9 Å². The van der Waals surface area contributed by atoms with Crippen LogP contribution in [0.1, 0.15) is 35.4 Å². The molecule has 27 heavy (non-hydrogen) atoms. The summed E-state index contributed by atoms with van der Waals surface area (Å²) >= 11 is 5.59. The molecule has 1 aromatic heterocycles. The van der Waals surface area contributed by atoms with E-state index in [-0.39, 0.29) is 11.4 Å². The third-order valence-corrected chi connectivity index (χ3v) is 4.67. The summed E-state index contributed by atoms with van der Waals surface area (Å²) < 4.78 is 44.1. The highest BCUT2D eigenvalue weighted by molar-refractivity contribution is 6.31. The highest BCUT2D eigenvalue weighted by atomic mass is 35.5. The van der Waals surface area contributed by atoms with Crippen molar-refractivity contribution in [1.82, 2.24) is 4.90 Å². The lowest BCUT2D eigenvalue weighted by atomic mass is 10.0. The van der Waals surface area contributed by atoms with E-state index in [1.807, 2.05) is 0 Å². The van der Waals surface area contributed by atoms with Crippen LogP contribution in [0.2, 0.25) is 5.02 Å². The second kappa shape index (κ2) is 7.64. The van der Waals surface area contributed by atoms with Gasteiger partial charge in [-0.15, -0.1) is 0 Å². The molecular weight excluding hydrogens is 385 g/mol. The first-order valence-corrected chi connectivity index (χ1v) is 8.67. The summed E-state index contributed by atoms with van der Waals surface area (Å²) in [6.45, 7) is 0.367. The first-order chi connectivity index (χ1) is 12.8. The summed E-state index contributed by atoms with van der Waals surface area (Å²) in [4.78, 5) is 26.6. The Kier molecular flexibility index (Phi) is 5.46. The predicted molar refractivity (Wildman–Crippen MR) is 92.5 cm³/mol. The molecule has 1 unspecified atom stereocenters. The molecule has 1 N–H and O–H groups in total. The smallest absolute Gasteiger partial charge is 0.417 e. The molecule has 0 saturated carbocycles. The quantitative estimate of drug-likeness (QED) is 0.820. The van der Waals surface area contributed by atoms with Gasteiger partial charge in [0, 0.05) is 12.2 Å². The highest BCUT2D eigenvalue weighted by Gasteiger charge is 2.35. The Balaban J connectivity index is 1.79. The summed E-state index contributed by atoms with van der Waals surface area (Å²) in [5.74, 6) is -0.863. The number of rotatable bonds is 3. The predicted octanol–water partition coefficient (Wildman–Crippen LogP) is 4.59. The monoisotopic (exact) mass is 400 g/mol. The number of halogens is 4. The number of nitrogens with zero attached hydrogens (tertiary/aromatic N) is 1. The number of likely N-dealkylation sites (tertiary alicyclic amines) is 1. The second-order valence-corrected chi connectivity index (χ2v) is 6.58. The summed E-state index contributed by atoms with van der Waals surface area (Å²) in [5.41, 5.74) is -1.07. The number of carbonyl (C=O) groups excluding carboxylic acids is 2. The Labute approximate surface area is 158 Å². The van der Waals surface area contributed by atoms with Crippen LogP contribution >= 0.6 is 11.6 Å². The van der Waals surface area contributed by atoms with E-state index in [9.17, 15) is 22.8 Å². The van der Waals surface area contributed by atoms with Gasteiger partial charge in [0.05, 0.1) is 16.8 Å². The maximum atomic E-state index is 13.0. The molecule has 1 saturated heterocycles. The normalized spacial score (nSPS) is 17.6. The van der Waals surface area contributed by atoms with Crippen molar-refractivity contribution < 1.29 is 27.2 Å². The van der Waals surface area contributed by atoms with Crippen LogP contribution in [0, 0.1) is 0 Å². The molecule has 0 spiro atoms. The zero-order valence-electron chi connectivity index (χ0n) is 14.1. The van der Waals surface area contributed by atoms with Crippen LogP contribution in [0.4, 0.5) is 18.9 Å². The highest BCUT2D eigenvalue weighted by Crippen LogP contribution is 2.36. The number of hydrogen-bond acceptors (Lipinski definition) is 3. The Morgan fingerprint density at radius 1 is 1.22 bits per heavy atom. The number of hydrogen-bond donors (Lipinski definition) is 1. The SMILES string of the molecule is O=C(Nc1ccc(Cl)c(C(F)(F)F)c1)C1CCCCN1C(=O)c1ccco1. The van der Waals surface area contributed by atoms with E-state index in [0.717, 1.165) is 25.0 Å². The molecule has 1 atom stereocenters. The van der Waals surface area contributed by atoms with Crippen LogP contribution in [0.3, 0.4) is 0 Å². The number of benzene rings is 1. The van der Waals surface area contributed by atoms with Gasteiger partial charge in [0.25, 0.3) is 5.91 Å². The molecule has 0 bridgehead atoms. The number of alkyl halides is 3. The third-order valence-electron chi connectivity index (χ3n) is 4.34. The maximum Gasteiger partial charge on any atom is 0.417 e. The van der Waals surface area contributed by atoms with Crippen molar-refractivity contribution in [2.24, 2.45) is 0 Å². The van der Waals surface area contributed by atoms with Crippen LogP contribution in [0.5, 0.6) is 0 Å².